The maximum Gasteiger partial charge on any atom is 0.356 e. The summed E-state index contributed by atoms with van der Waals surface area (Å²) in [4.78, 5) is 42.1. The van der Waals surface area contributed by atoms with Crippen LogP contribution in [0.25, 0.3) is 22.8 Å². The van der Waals surface area contributed by atoms with E-state index in [1.165, 1.54) is 0 Å². The van der Waals surface area contributed by atoms with Gasteiger partial charge in [0.2, 0.25) is 0 Å². The molecule has 0 fully saturated rings. The van der Waals surface area contributed by atoms with E-state index in [1.807, 2.05) is 54.6 Å². The lowest BCUT2D eigenvalue weighted by Gasteiger charge is -2.03. The Hall–Kier alpha value is -1.53. The van der Waals surface area contributed by atoms with Gasteiger partial charge in [-0.1, -0.05) is 123 Å². The minimum Gasteiger partial charge on any atom is -0.478 e. The van der Waals surface area contributed by atoms with E-state index >= 15 is 0 Å². The van der Waals surface area contributed by atoms with E-state index in [0.717, 1.165) is 22.8 Å². The van der Waals surface area contributed by atoms with Crippen LogP contribution in [0.4, 0.5) is 0 Å². The smallest absolute Gasteiger partial charge is 0.356 e. The highest BCUT2D eigenvalue weighted by Gasteiger charge is 2.30. The van der Waals surface area contributed by atoms with Gasteiger partial charge in [0.15, 0.2) is 0 Å². The zero-order valence-corrected chi connectivity index (χ0v) is 25.5. The van der Waals surface area contributed by atoms with Crippen LogP contribution in [-0.2, 0) is 14.4 Å². The molecule has 0 aliphatic carbocycles. The maximum absolute atomic E-state index is 9.62. The number of rotatable bonds is 2. The molecular formula is C21H14Cl9N3O6. The van der Waals surface area contributed by atoms with Gasteiger partial charge in [-0.3, -0.25) is 9.97 Å². The summed E-state index contributed by atoms with van der Waals surface area (Å²) in [5, 5.41) is 23.6. The third-order valence-corrected chi connectivity index (χ3v) is 4.79. The molecular weight excluding hydrogens is 709 g/mol. The number of carboxylic acids is 3. The van der Waals surface area contributed by atoms with Crippen LogP contribution in [0.3, 0.4) is 0 Å². The zero-order chi connectivity index (χ0) is 30.4. The molecule has 0 aliphatic heterocycles. The Morgan fingerprint density at radius 1 is 0.487 bits per heavy atom. The summed E-state index contributed by atoms with van der Waals surface area (Å²) in [5.74, 6) is -4.38. The highest BCUT2D eigenvalue weighted by atomic mass is 35.6. The van der Waals surface area contributed by atoms with E-state index in [9.17, 15) is 14.4 Å². The van der Waals surface area contributed by atoms with Crippen LogP contribution in [0.15, 0.2) is 67.0 Å². The summed E-state index contributed by atoms with van der Waals surface area (Å²) < 4.78 is -6.50. The predicted octanol–water partition coefficient (Wildman–Crippen LogP) is 7.53. The van der Waals surface area contributed by atoms with Gasteiger partial charge >= 0.3 is 17.9 Å². The summed E-state index contributed by atoms with van der Waals surface area (Å²) in [7, 11) is 0. The molecule has 9 nitrogen and oxygen atoms in total. The van der Waals surface area contributed by atoms with E-state index < -0.39 is 29.3 Å². The first-order valence-corrected chi connectivity index (χ1v) is 12.9. The van der Waals surface area contributed by atoms with E-state index in [1.54, 1.807) is 12.4 Å². The van der Waals surface area contributed by atoms with Gasteiger partial charge < -0.3 is 15.3 Å². The maximum atomic E-state index is 9.62. The molecule has 3 rings (SSSR count). The number of nitrogens with zero attached hydrogens (tertiary/aromatic N) is 3. The number of carbonyl (C=O) groups is 3. The van der Waals surface area contributed by atoms with Gasteiger partial charge in [0.1, 0.15) is 0 Å². The average Bonchev–Trinajstić information content (AvgIpc) is 2.84. The van der Waals surface area contributed by atoms with Gasteiger partial charge in [0.05, 0.1) is 22.8 Å². The van der Waals surface area contributed by atoms with Gasteiger partial charge in [0, 0.05) is 12.4 Å². The van der Waals surface area contributed by atoms with Gasteiger partial charge in [-0.2, -0.15) is 0 Å². The van der Waals surface area contributed by atoms with Crippen molar-refractivity contribution in [2.45, 2.75) is 11.4 Å². The Morgan fingerprint density at radius 3 is 0.949 bits per heavy atom. The lowest BCUT2D eigenvalue weighted by atomic mass is 10.2. The Balaban J connectivity index is 0.000000576. The van der Waals surface area contributed by atoms with Crippen molar-refractivity contribution in [3.8, 4) is 22.8 Å². The fraction of sp³-hybridized carbons (Fsp3) is 0.143. The molecule has 39 heavy (non-hydrogen) atoms. The molecule has 0 saturated carbocycles. The third-order valence-electron chi connectivity index (χ3n) is 3.33. The minimum absolute atomic E-state index is 0.860. The van der Waals surface area contributed by atoms with Crippen molar-refractivity contribution in [2.24, 2.45) is 0 Å². The summed E-state index contributed by atoms with van der Waals surface area (Å²) in [6.07, 6.45) is 3.54. The fourth-order valence-electron chi connectivity index (χ4n) is 1.75. The fourth-order valence-corrected chi connectivity index (χ4v) is 1.75. The van der Waals surface area contributed by atoms with Crippen LogP contribution in [0.2, 0.25) is 0 Å². The topological polar surface area (TPSA) is 151 Å². The highest BCUT2D eigenvalue weighted by molar-refractivity contribution is 6.76. The number of halogens is 9. The van der Waals surface area contributed by atoms with Gasteiger partial charge in [-0.05, 0) is 36.4 Å². The molecule has 3 aromatic rings. The first kappa shape index (κ1) is 37.5. The van der Waals surface area contributed by atoms with Crippen molar-refractivity contribution in [3.63, 3.8) is 0 Å². The summed E-state index contributed by atoms with van der Waals surface area (Å²) in [6, 6.07) is 17.5. The SMILES string of the molecule is O=C(O)C(Cl)(Cl)Cl.O=C(O)C(Cl)(Cl)Cl.O=C(O)C(Cl)(Cl)Cl.c1ccc(-c2cccc(-c3ccccn3)n2)nc1. The van der Waals surface area contributed by atoms with Crippen LogP contribution in [0, 0.1) is 0 Å². The molecule has 0 spiro atoms. The highest BCUT2D eigenvalue weighted by Crippen LogP contribution is 2.26. The van der Waals surface area contributed by atoms with Crippen molar-refractivity contribution in [3.05, 3.63) is 67.0 Å². The first-order valence-electron chi connectivity index (χ1n) is 9.47. The van der Waals surface area contributed by atoms with E-state index in [0.29, 0.717) is 0 Å². The molecule has 0 amide bonds. The Morgan fingerprint density at radius 2 is 0.744 bits per heavy atom. The molecule has 3 N–H and O–H groups in total. The number of hydrogen-bond donors (Lipinski definition) is 3. The summed E-state index contributed by atoms with van der Waals surface area (Å²) in [5.41, 5.74) is 3.46. The molecule has 0 radical (unpaired) electrons. The van der Waals surface area contributed by atoms with Crippen LogP contribution in [-0.4, -0.2) is 59.6 Å². The number of carboxylic acid groups (broad SMARTS) is 3. The van der Waals surface area contributed by atoms with Crippen molar-refractivity contribution in [1.82, 2.24) is 15.0 Å². The summed E-state index contributed by atoms with van der Waals surface area (Å²) in [6.45, 7) is 0. The molecule has 0 aliphatic rings. The van der Waals surface area contributed by atoms with Crippen molar-refractivity contribution in [2.75, 3.05) is 0 Å². The molecule has 0 bridgehead atoms. The van der Waals surface area contributed by atoms with Gasteiger partial charge in [-0.25, -0.2) is 19.4 Å². The lowest BCUT2D eigenvalue weighted by molar-refractivity contribution is -0.136. The number of aromatic nitrogens is 3. The lowest BCUT2D eigenvalue weighted by Crippen LogP contribution is -2.16. The number of hydrogen-bond acceptors (Lipinski definition) is 6. The molecule has 212 valence electrons. The van der Waals surface area contributed by atoms with E-state index in [-0.39, 0.29) is 0 Å². The second-order valence-electron chi connectivity index (χ2n) is 6.25. The second-order valence-corrected chi connectivity index (χ2v) is 13.1. The number of alkyl halides is 9. The summed E-state index contributed by atoms with van der Waals surface area (Å²) >= 11 is 43.2. The van der Waals surface area contributed by atoms with Crippen molar-refractivity contribution in [1.29, 1.82) is 0 Å². The molecule has 0 unspecified atom stereocenters. The van der Waals surface area contributed by atoms with Crippen molar-refractivity contribution >= 4 is 122 Å². The molecule has 3 aromatic heterocycles. The van der Waals surface area contributed by atoms with E-state index in [4.69, 9.17) is 120 Å². The molecule has 0 saturated heterocycles. The monoisotopic (exact) mass is 719 g/mol. The van der Waals surface area contributed by atoms with E-state index in [2.05, 4.69) is 15.0 Å². The quantitative estimate of drug-likeness (QED) is 0.228. The number of pyridine rings is 3. The van der Waals surface area contributed by atoms with Gasteiger partial charge in [0.25, 0.3) is 11.4 Å². The largest absolute Gasteiger partial charge is 0.478 e. The minimum atomic E-state index is -2.17. The average molecular weight is 723 g/mol. The van der Waals surface area contributed by atoms with Gasteiger partial charge in [-0.15, -0.1) is 0 Å². The predicted molar refractivity (Wildman–Crippen MR) is 154 cm³/mol. The number of aliphatic carboxylic acids is 3. The van der Waals surface area contributed by atoms with Crippen LogP contribution >= 0.6 is 104 Å². The third kappa shape index (κ3) is 17.0. The molecule has 0 atom stereocenters. The van der Waals surface area contributed by atoms with Crippen molar-refractivity contribution < 1.29 is 29.7 Å². The Kier molecular flexibility index (Phi) is 16.6. The van der Waals surface area contributed by atoms with Crippen LogP contribution in [0.1, 0.15) is 0 Å². The molecule has 0 aromatic carbocycles. The first-order chi connectivity index (χ1) is 17.8. The van der Waals surface area contributed by atoms with Crippen LogP contribution < -0.4 is 0 Å². The normalized spacial score (nSPS) is 10.8. The molecule has 3 heterocycles. The molecule has 18 heteroatoms. The standard InChI is InChI=1S/C15H11N3.3C2HCl3O2/c1-3-10-16-12(6-1)14-8-5-9-15(18-14)13-7-2-4-11-17-13;3*3-2(4,5)1(6)7/h1-11H;3*(H,6,7). The Labute approximate surface area is 266 Å². The zero-order valence-electron chi connectivity index (χ0n) is 18.7. The van der Waals surface area contributed by atoms with Crippen LogP contribution in [0.5, 0.6) is 0 Å². The Bertz CT molecular complexity index is 1090. The second kappa shape index (κ2) is 17.3.